The zero-order valence-corrected chi connectivity index (χ0v) is 15.7. The highest BCUT2D eigenvalue weighted by atomic mass is 16.1. The molecule has 2 aliphatic heterocycles. The van der Waals surface area contributed by atoms with Crippen LogP contribution in [0.15, 0.2) is 23.5 Å². The van der Waals surface area contributed by atoms with Crippen LogP contribution in [0.5, 0.6) is 0 Å². The van der Waals surface area contributed by atoms with E-state index in [1.807, 2.05) is 13.8 Å². The Hall–Kier alpha value is -2.28. The minimum Gasteiger partial charge on any atom is -0.356 e. The average Bonchev–Trinajstić information content (AvgIpc) is 3.15. The molecule has 0 spiro atoms. The number of hydrogen-bond acceptors (Lipinski definition) is 6. The number of anilines is 1. The van der Waals surface area contributed by atoms with Gasteiger partial charge in [-0.25, -0.2) is 15.0 Å². The van der Waals surface area contributed by atoms with Crippen molar-refractivity contribution in [2.45, 2.75) is 27.3 Å². The summed E-state index contributed by atoms with van der Waals surface area (Å²) in [5, 5.41) is 0. The van der Waals surface area contributed by atoms with Gasteiger partial charge in [-0.05, 0) is 32.6 Å². The molecular formula is C19H26N6O. The molecule has 2 unspecified atom stereocenters. The molecule has 0 aromatic carbocycles. The molecule has 7 nitrogen and oxygen atoms in total. The molecule has 2 fully saturated rings. The van der Waals surface area contributed by atoms with Crippen LogP contribution in [0, 0.1) is 32.6 Å². The Morgan fingerprint density at radius 2 is 1.73 bits per heavy atom. The fraction of sp³-hybridized carbons (Fsp3) is 0.579. The Labute approximate surface area is 153 Å². The Kier molecular flexibility index (Phi) is 4.48. The van der Waals surface area contributed by atoms with Crippen LogP contribution in [0.4, 0.5) is 5.82 Å². The van der Waals surface area contributed by atoms with E-state index in [1.54, 1.807) is 23.3 Å². The number of likely N-dealkylation sites (tertiary alicyclic amines) is 1. The van der Waals surface area contributed by atoms with Crippen LogP contribution in [-0.4, -0.2) is 57.1 Å². The molecule has 0 amide bonds. The topological polar surface area (TPSA) is 67.2 Å². The third kappa shape index (κ3) is 3.23. The van der Waals surface area contributed by atoms with Crippen molar-refractivity contribution in [1.82, 2.24) is 24.4 Å². The van der Waals surface area contributed by atoms with Crippen molar-refractivity contribution in [2.24, 2.45) is 11.8 Å². The van der Waals surface area contributed by atoms with Crippen LogP contribution in [0.2, 0.25) is 0 Å². The second-order valence-electron chi connectivity index (χ2n) is 7.65. The molecule has 2 atom stereocenters. The van der Waals surface area contributed by atoms with E-state index >= 15 is 0 Å². The van der Waals surface area contributed by atoms with E-state index in [9.17, 15) is 4.79 Å². The van der Waals surface area contributed by atoms with Gasteiger partial charge in [0.2, 0.25) is 0 Å². The van der Waals surface area contributed by atoms with E-state index in [1.165, 1.54) is 5.56 Å². The van der Waals surface area contributed by atoms with Crippen LogP contribution in [0.25, 0.3) is 0 Å². The summed E-state index contributed by atoms with van der Waals surface area (Å²) in [6, 6.07) is 1.60. The molecule has 26 heavy (non-hydrogen) atoms. The molecule has 4 heterocycles. The van der Waals surface area contributed by atoms with E-state index in [4.69, 9.17) is 0 Å². The highest BCUT2D eigenvalue weighted by molar-refractivity contribution is 5.48. The van der Waals surface area contributed by atoms with E-state index in [2.05, 4.69) is 31.7 Å². The van der Waals surface area contributed by atoms with Gasteiger partial charge in [-0.1, -0.05) is 0 Å². The Bertz CT molecular complexity index is 849. The van der Waals surface area contributed by atoms with Gasteiger partial charge in [-0.3, -0.25) is 9.36 Å². The first kappa shape index (κ1) is 17.1. The quantitative estimate of drug-likeness (QED) is 0.817. The normalized spacial score (nSPS) is 22.8. The van der Waals surface area contributed by atoms with Gasteiger partial charge < -0.3 is 9.80 Å². The Morgan fingerprint density at radius 1 is 1.00 bits per heavy atom. The smallest absolute Gasteiger partial charge is 0.253 e. The summed E-state index contributed by atoms with van der Waals surface area (Å²) in [5.41, 5.74) is 3.07. The van der Waals surface area contributed by atoms with Gasteiger partial charge in [0, 0.05) is 62.3 Å². The van der Waals surface area contributed by atoms with Crippen molar-refractivity contribution in [3.8, 4) is 0 Å². The van der Waals surface area contributed by atoms with E-state index in [0.29, 0.717) is 18.4 Å². The lowest BCUT2D eigenvalue weighted by molar-refractivity contribution is 0.300. The van der Waals surface area contributed by atoms with E-state index in [0.717, 1.165) is 49.9 Å². The fourth-order valence-electron chi connectivity index (χ4n) is 4.22. The summed E-state index contributed by atoms with van der Waals surface area (Å²) in [5.74, 6) is 2.45. The van der Waals surface area contributed by atoms with E-state index in [-0.39, 0.29) is 5.56 Å². The maximum absolute atomic E-state index is 12.0. The Morgan fingerprint density at radius 3 is 2.42 bits per heavy atom. The number of hydrogen-bond donors (Lipinski definition) is 0. The molecule has 4 rings (SSSR count). The molecule has 2 saturated heterocycles. The first-order valence-electron chi connectivity index (χ1n) is 9.30. The van der Waals surface area contributed by atoms with Crippen molar-refractivity contribution < 1.29 is 0 Å². The van der Waals surface area contributed by atoms with Gasteiger partial charge in [0.25, 0.3) is 5.56 Å². The second-order valence-corrected chi connectivity index (χ2v) is 7.65. The summed E-state index contributed by atoms with van der Waals surface area (Å²) in [6.45, 7) is 11.9. The molecule has 2 aromatic heterocycles. The maximum Gasteiger partial charge on any atom is 0.253 e. The molecule has 7 heteroatoms. The van der Waals surface area contributed by atoms with E-state index < -0.39 is 0 Å². The summed E-state index contributed by atoms with van der Waals surface area (Å²) in [7, 11) is 0. The summed E-state index contributed by atoms with van der Waals surface area (Å²) < 4.78 is 1.71. The highest BCUT2D eigenvalue weighted by Gasteiger charge is 2.40. The number of nitrogens with zero attached hydrogens (tertiary/aromatic N) is 6. The average molecular weight is 354 g/mol. The molecule has 138 valence electrons. The molecule has 0 N–H and O–H groups in total. The summed E-state index contributed by atoms with van der Waals surface area (Å²) in [4.78, 5) is 29.9. The van der Waals surface area contributed by atoms with Crippen LogP contribution in [0.1, 0.15) is 17.0 Å². The van der Waals surface area contributed by atoms with Gasteiger partial charge in [-0.2, -0.15) is 0 Å². The number of rotatable bonds is 4. The van der Waals surface area contributed by atoms with Gasteiger partial charge in [0.15, 0.2) is 0 Å². The first-order chi connectivity index (χ1) is 12.5. The third-order valence-electron chi connectivity index (χ3n) is 5.84. The summed E-state index contributed by atoms with van der Waals surface area (Å²) in [6.07, 6.45) is 3.34. The summed E-state index contributed by atoms with van der Waals surface area (Å²) >= 11 is 0. The van der Waals surface area contributed by atoms with Gasteiger partial charge in [-0.15, -0.1) is 0 Å². The number of aryl methyl sites for hydroxylation is 2. The van der Waals surface area contributed by atoms with Crippen molar-refractivity contribution in [1.29, 1.82) is 0 Å². The molecular weight excluding hydrogens is 328 g/mol. The maximum atomic E-state index is 12.0. The predicted molar refractivity (Wildman–Crippen MR) is 100 cm³/mol. The third-order valence-corrected chi connectivity index (χ3v) is 5.84. The monoisotopic (exact) mass is 354 g/mol. The predicted octanol–water partition coefficient (Wildman–Crippen LogP) is 1.03. The molecule has 0 aliphatic carbocycles. The largest absolute Gasteiger partial charge is 0.356 e. The van der Waals surface area contributed by atoms with Gasteiger partial charge in [0.05, 0.1) is 6.33 Å². The van der Waals surface area contributed by atoms with Crippen molar-refractivity contribution in [2.75, 3.05) is 37.6 Å². The van der Waals surface area contributed by atoms with Crippen LogP contribution < -0.4 is 10.5 Å². The van der Waals surface area contributed by atoms with Crippen molar-refractivity contribution in [3.63, 3.8) is 0 Å². The van der Waals surface area contributed by atoms with Gasteiger partial charge >= 0.3 is 0 Å². The van der Waals surface area contributed by atoms with Crippen LogP contribution in [-0.2, 0) is 6.54 Å². The zero-order chi connectivity index (χ0) is 18.3. The molecule has 0 bridgehead atoms. The lowest BCUT2D eigenvalue weighted by atomic mass is 10.0. The standard InChI is InChI=1S/C19H26N6O/c1-13-6-18(26)24(12-22-13)5-4-23-7-16-9-25(10-17(16)8-23)19-14(2)15(3)20-11-21-19/h6,11-12,16-17H,4-5,7-10H2,1-3H3. The Balaban J connectivity index is 1.35. The minimum absolute atomic E-state index is 0.0395. The molecule has 2 aliphatic rings. The van der Waals surface area contributed by atoms with Crippen LogP contribution in [0.3, 0.4) is 0 Å². The number of fused-ring (bicyclic) bond motifs is 1. The zero-order valence-electron chi connectivity index (χ0n) is 15.7. The van der Waals surface area contributed by atoms with Crippen molar-refractivity contribution >= 4 is 5.82 Å². The highest BCUT2D eigenvalue weighted by Crippen LogP contribution is 2.34. The molecule has 0 radical (unpaired) electrons. The van der Waals surface area contributed by atoms with Crippen molar-refractivity contribution in [3.05, 3.63) is 46.0 Å². The number of aromatic nitrogens is 4. The lowest BCUT2D eigenvalue weighted by Crippen LogP contribution is -2.33. The van der Waals surface area contributed by atoms with Gasteiger partial charge in [0.1, 0.15) is 12.1 Å². The van der Waals surface area contributed by atoms with Crippen LogP contribution >= 0.6 is 0 Å². The fourth-order valence-corrected chi connectivity index (χ4v) is 4.22. The SMILES string of the molecule is Cc1cc(=O)n(CCN2CC3CN(c4ncnc(C)c4C)CC3C2)cn1. The lowest BCUT2D eigenvalue weighted by Gasteiger charge is -2.23. The first-order valence-corrected chi connectivity index (χ1v) is 9.30. The molecule has 0 saturated carbocycles. The minimum atomic E-state index is 0.0395. The molecule has 2 aromatic rings. The second kappa shape index (κ2) is 6.79.